The minimum atomic E-state index is -0.0934. The van der Waals surface area contributed by atoms with Gasteiger partial charge in [-0.2, -0.15) is 0 Å². The molecule has 1 aliphatic rings. The fourth-order valence-electron chi connectivity index (χ4n) is 3.38. The van der Waals surface area contributed by atoms with Gasteiger partial charge in [-0.15, -0.1) is 0 Å². The molecule has 1 aliphatic carbocycles. The Morgan fingerprint density at radius 3 is 2.71 bits per heavy atom. The highest BCUT2D eigenvalue weighted by Crippen LogP contribution is 2.29. The Hall–Kier alpha value is -1.09. The molecular weight excluding hydrogens is 263 g/mol. The van der Waals surface area contributed by atoms with E-state index in [0.717, 1.165) is 43.2 Å². The lowest BCUT2D eigenvalue weighted by Crippen LogP contribution is -2.29. The summed E-state index contributed by atoms with van der Waals surface area (Å²) in [7, 11) is 2.04. The molecule has 1 fully saturated rings. The molecule has 2 nitrogen and oxygen atoms in total. The highest BCUT2D eigenvalue weighted by atomic mass is 19.1. The summed E-state index contributed by atoms with van der Waals surface area (Å²) in [4.78, 5) is 2.13. The van der Waals surface area contributed by atoms with E-state index < -0.39 is 0 Å². The minimum Gasteiger partial charge on any atom is -0.372 e. The van der Waals surface area contributed by atoms with Gasteiger partial charge in [0.05, 0.1) is 5.69 Å². The van der Waals surface area contributed by atoms with E-state index in [1.165, 1.54) is 32.1 Å². The molecule has 0 aromatic heterocycles. The summed E-state index contributed by atoms with van der Waals surface area (Å²) in [5.74, 6) is 0.629. The monoisotopic (exact) mass is 292 g/mol. The Morgan fingerprint density at radius 1 is 1.24 bits per heavy atom. The third-order valence-electron chi connectivity index (χ3n) is 4.45. The second-order valence-electron chi connectivity index (χ2n) is 6.31. The van der Waals surface area contributed by atoms with Crippen LogP contribution >= 0.6 is 0 Å². The molecule has 0 heterocycles. The molecule has 0 aliphatic heterocycles. The topological polar surface area (TPSA) is 15.3 Å². The fourth-order valence-corrected chi connectivity index (χ4v) is 3.38. The number of halogens is 1. The summed E-state index contributed by atoms with van der Waals surface area (Å²) in [5.41, 5.74) is 1.86. The van der Waals surface area contributed by atoms with Crippen LogP contribution in [0.25, 0.3) is 0 Å². The maximum atomic E-state index is 14.3. The number of anilines is 1. The van der Waals surface area contributed by atoms with E-state index in [1.807, 2.05) is 19.2 Å². The molecule has 1 aromatic carbocycles. The molecule has 0 amide bonds. The van der Waals surface area contributed by atoms with Crippen molar-refractivity contribution >= 4 is 5.69 Å². The minimum absolute atomic E-state index is 0.0934. The molecule has 1 N–H and O–H groups in total. The number of para-hydroxylation sites is 1. The van der Waals surface area contributed by atoms with Crippen LogP contribution in [-0.2, 0) is 6.54 Å². The van der Waals surface area contributed by atoms with Gasteiger partial charge >= 0.3 is 0 Å². The lowest BCUT2D eigenvalue weighted by molar-refractivity contribution is 0.361. The number of benzene rings is 1. The molecule has 21 heavy (non-hydrogen) atoms. The van der Waals surface area contributed by atoms with Crippen LogP contribution < -0.4 is 10.2 Å². The van der Waals surface area contributed by atoms with Gasteiger partial charge in [-0.3, -0.25) is 0 Å². The zero-order valence-corrected chi connectivity index (χ0v) is 13.5. The highest BCUT2D eigenvalue weighted by molar-refractivity contribution is 5.54. The van der Waals surface area contributed by atoms with Crippen LogP contribution in [0.3, 0.4) is 0 Å². The summed E-state index contributed by atoms with van der Waals surface area (Å²) in [6.45, 7) is 4.84. The molecule has 118 valence electrons. The lowest BCUT2D eigenvalue weighted by atomic mass is 9.89. The predicted octanol–water partition coefficient (Wildman–Crippen LogP) is 4.34. The average Bonchev–Trinajstić information content (AvgIpc) is 2.48. The van der Waals surface area contributed by atoms with Crippen molar-refractivity contribution in [1.29, 1.82) is 0 Å². The van der Waals surface area contributed by atoms with Crippen LogP contribution in [0, 0.1) is 11.7 Å². The molecule has 3 heteroatoms. The smallest absolute Gasteiger partial charge is 0.146 e. The van der Waals surface area contributed by atoms with E-state index in [4.69, 9.17) is 0 Å². The molecule has 0 atom stereocenters. The Balaban J connectivity index is 2.04. The van der Waals surface area contributed by atoms with Gasteiger partial charge in [-0.1, -0.05) is 38.3 Å². The van der Waals surface area contributed by atoms with Crippen molar-refractivity contribution < 1.29 is 4.39 Å². The summed E-state index contributed by atoms with van der Waals surface area (Å²) in [6, 6.07) is 5.44. The van der Waals surface area contributed by atoms with Crippen LogP contribution in [0.4, 0.5) is 10.1 Å². The van der Waals surface area contributed by atoms with E-state index in [1.54, 1.807) is 6.07 Å². The van der Waals surface area contributed by atoms with Crippen molar-refractivity contribution in [2.24, 2.45) is 5.92 Å². The predicted molar refractivity (Wildman–Crippen MR) is 88.2 cm³/mol. The zero-order valence-electron chi connectivity index (χ0n) is 13.5. The van der Waals surface area contributed by atoms with Crippen molar-refractivity contribution in [1.82, 2.24) is 5.32 Å². The third-order valence-corrected chi connectivity index (χ3v) is 4.45. The first-order valence-corrected chi connectivity index (χ1v) is 8.41. The zero-order chi connectivity index (χ0) is 15.1. The number of rotatable bonds is 7. The Morgan fingerprint density at radius 2 is 2.00 bits per heavy atom. The number of nitrogens with zero attached hydrogens (tertiary/aromatic N) is 1. The first-order valence-electron chi connectivity index (χ1n) is 8.41. The van der Waals surface area contributed by atoms with Crippen LogP contribution in [0.1, 0.15) is 51.0 Å². The Bertz CT molecular complexity index is 427. The molecule has 0 unspecified atom stereocenters. The largest absolute Gasteiger partial charge is 0.372 e. The van der Waals surface area contributed by atoms with Crippen molar-refractivity contribution in [3.8, 4) is 0 Å². The molecule has 0 bridgehead atoms. The van der Waals surface area contributed by atoms with Gasteiger partial charge in [-0.05, 0) is 43.4 Å². The van der Waals surface area contributed by atoms with Crippen molar-refractivity contribution in [3.63, 3.8) is 0 Å². The van der Waals surface area contributed by atoms with Crippen LogP contribution in [0.15, 0.2) is 18.2 Å². The summed E-state index contributed by atoms with van der Waals surface area (Å²) in [6.07, 6.45) is 7.72. The molecular formula is C18H29FN2. The normalized spacial score (nSPS) is 16.1. The number of hydrogen-bond donors (Lipinski definition) is 1. The van der Waals surface area contributed by atoms with Gasteiger partial charge in [-0.25, -0.2) is 4.39 Å². The van der Waals surface area contributed by atoms with Gasteiger partial charge < -0.3 is 10.2 Å². The Labute approximate surface area is 128 Å². The SMILES string of the molecule is CCCNCc1cccc(F)c1N(C)CC1CCCCC1. The lowest BCUT2D eigenvalue weighted by Gasteiger charge is -2.30. The number of nitrogens with one attached hydrogen (secondary N) is 1. The second kappa shape index (κ2) is 8.38. The van der Waals surface area contributed by atoms with Crippen molar-refractivity contribution in [2.45, 2.75) is 52.0 Å². The van der Waals surface area contributed by atoms with Gasteiger partial charge in [0.25, 0.3) is 0 Å². The summed E-state index contributed by atoms with van der Waals surface area (Å²) in [5, 5.41) is 3.38. The number of hydrogen-bond acceptors (Lipinski definition) is 2. The van der Waals surface area contributed by atoms with E-state index in [2.05, 4.69) is 17.1 Å². The maximum absolute atomic E-state index is 14.3. The van der Waals surface area contributed by atoms with E-state index >= 15 is 0 Å². The van der Waals surface area contributed by atoms with Gasteiger partial charge in [0, 0.05) is 20.1 Å². The van der Waals surface area contributed by atoms with Crippen LogP contribution in [0.5, 0.6) is 0 Å². The summed E-state index contributed by atoms with van der Waals surface area (Å²) >= 11 is 0. The molecule has 1 saturated carbocycles. The fraction of sp³-hybridized carbons (Fsp3) is 0.667. The first kappa shape index (κ1) is 16.3. The Kier molecular flexibility index (Phi) is 6.50. The highest BCUT2D eigenvalue weighted by Gasteiger charge is 2.19. The van der Waals surface area contributed by atoms with Gasteiger partial charge in [0.1, 0.15) is 5.82 Å². The molecule has 1 aromatic rings. The molecule has 2 rings (SSSR count). The van der Waals surface area contributed by atoms with Gasteiger partial charge in [0.15, 0.2) is 0 Å². The molecule has 0 spiro atoms. The second-order valence-corrected chi connectivity index (χ2v) is 6.31. The van der Waals surface area contributed by atoms with Crippen LogP contribution in [0.2, 0.25) is 0 Å². The van der Waals surface area contributed by atoms with Crippen molar-refractivity contribution in [3.05, 3.63) is 29.6 Å². The molecule has 0 saturated heterocycles. The average molecular weight is 292 g/mol. The quantitative estimate of drug-likeness (QED) is 0.752. The first-order chi connectivity index (χ1) is 10.2. The van der Waals surface area contributed by atoms with E-state index in [0.29, 0.717) is 0 Å². The standard InChI is InChI=1S/C18H29FN2/c1-3-12-20-13-16-10-7-11-17(19)18(16)21(2)14-15-8-5-4-6-9-15/h7,10-11,15,20H,3-6,8-9,12-14H2,1-2H3. The van der Waals surface area contributed by atoms with E-state index in [9.17, 15) is 4.39 Å². The van der Waals surface area contributed by atoms with Crippen molar-refractivity contribution in [2.75, 3.05) is 25.0 Å². The molecule has 0 radical (unpaired) electrons. The van der Waals surface area contributed by atoms with E-state index in [-0.39, 0.29) is 5.82 Å². The van der Waals surface area contributed by atoms with Crippen LogP contribution in [-0.4, -0.2) is 20.1 Å². The van der Waals surface area contributed by atoms with Gasteiger partial charge in [0.2, 0.25) is 0 Å². The third kappa shape index (κ3) is 4.70. The maximum Gasteiger partial charge on any atom is 0.146 e. The summed E-state index contributed by atoms with van der Waals surface area (Å²) < 4.78 is 14.3.